The summed E-state index contributed by atoms with van der Waals surface area (Å²) in [6.45, 7) is 2.48. The van der Waals surface area contributed by atoms with Gasteiger partial charge in [0.1, 0.15) is 0 Å². The van der Waals surface area contributed by atoms with Crippen LogP contribution in [-0.2, 0) is 22.5 Å². The van der Waals surface area contributed by atoms with Gasteiger partial charge in [-0.25, -0.2) is 0 Å². The molecule has 3 atom stereocenters. The molecule has 1 amide bonds. The van der Waals surface area contributed by atoms with E-state index in [1.54, 1.807) is 7.11 Å². The van der Waals surface area contributed by atoms with Crippen LogP contribution in [0.2, 0.25) is 0 Å². The molecule has 21 heavy (non-hydrogen) atoms. The Bertz CT molecular complexity index is 461. The number of aromatic nitrogens is 1. The number of nitrogens with one attached hydrogen (secondary N) is 1. The van der Waals surface area contributed by atoms with Gasteiger partial charge in [-0.15, -0.1) is 0 Å². The number of nitrogens with two attached hydrogens (primary N) is 1. The fourth-order valence-corrected chi connectivity index (χ4v) is 2.79. The molecule has 1 fully saturated rings. The second-order valence-electron chi connectivity index (χ2n) is 5.70. The summed E-state index contributed by atoms with van der Waals surface area (Å²) in [5, 5.41) is 6.88. The molecular formula is C15H25N3O3. The monoisotopic (exact) mass is 295 g/mol. The van der Waals surface area contributed by atoms with Gasteiger partial charge in [0.05, 0.1) is 18.3 Å². The Hall–Kier alpha value is -1.40. The van der Waals surface area contributed by atoms with Crippen LogP contribution in [0.5, 0.6) is 0 Å². The molecule has 1 aromatic heterocycles. The van der Waals surface area contributed by atoms with E-state index in [1.165, 1.54) is 0 Å². The molecule has 1 aliphatic carbocycles. The molecule has 1 saturated carbocycles. The van der Waals surface area contributed by atoms with E-state index in [0.29, 0.717) is 18.7 Å². The topological polar surface area (TPSA) is 90.4 Å². The molecule has 6 heteroatoms. The highest BCUT2D eigenvalue weighted by atomic mass is 16.5. The van der Waals surface area contributed by atoms with Gasteiger partial charge in [-0.3, -0.25) is 4.79 Å². The third-order valence-corrected chi connectivity index (χ3v) is 4.07. The van der Waals surface area contributed by atoms with E-state index >= 15 is 0 Å². The molecule has 2 rings (SSSR count). The van der Waals surface area contributed by atoms with Crippen molar-refractivity contribution in [3.63, 3.8) is 0 Å². The number of nitrogens with zero attached hydrogens (tertiary/aromatic N) is 1. The summed E-state index contributed by atoms with van der Waals surface area (Å²) in [7, 11) is 1.65. The van der Waals surface area contributed by atoms with Crippen LogP contribution in [0.1, 0.15) is 44.1 Å². The molecule has 3 N–H and O–H groups in total. The van der Waals surface area contributed by atoms with Crippen LogP contribution in [0, 0.1) is 5.92 Å². The quantitative estimate of drug-likeness (QED) is 0.827. The first kappa shape index (κ1) is 16.0. The second-order valence-corrected chi connectivity index (χ2v) is 5.70. The summed E-state index contributed by atoms with van der Waals surface area (Å²) in [6, 6.07) is 1.93. The second kappa shape index (κ2) is 7.56. The highest BCUT2D eigenvalue weighted by Gasteiger charge is 2.32. The molecule has 1 aliphatic rings. The van der Waals surface area contributed by atoms with Crippen molar-refractivity contribution in [2.24, 2.45) is 11.7 Å². The van der Waals surface area contributed by atoms with Crippen LogP contribution < -0.4 is 11.1 Å². The van der Waals surface area contributed by atoms with Crippen molar-refractivity contribution in [2.45, 2.75) is 57.7 Å². The van der Waals surface area contributed by atoms with Crippen LogP contribution in [0.15, 0.2) is 10.6 Å². The van der Waals surface area contributed by atoms with Gasteiger partial charge >= 0.3 is 0 Å². The Morgan fingerprint density at radius 1 is 1.57 bits per heavy atom. The lowest BCUT2D eigenvalue weighted by atomic mass is 9.83. The van der Waals surface area contributed by atoms with Crippen LogP contribution in [0.4, 0.5) is 0 Å². The lowest BCUT2D eigenvalue weighted by Crippen LogP contribution is -2.45. The summed E-state index contributed by atoms with van der Waals surface area (Å²) in [4.78, 5) is 12.2. The van der Waals surface area contributed by atoms with Gasteiger partial charge < -0.3 is 20.3 Å². The fraction of sp³-hybridized carbons (Fsp3) is 0.733. The van der Waals surface area contributed by atoms with Crippen molar-refractivity contribution >= 4 is 5.91 Å². The number of carbonyl (C=O) groups excluding carboxylic acids is 1. The van der Waals surface area contributed by atoms with Gasteiger partial charge in [0.25, 0.3) is 0 Å². The highest BCUT2D eigenvalue weighted by molar-refractivity contribution is 5.78. The lowest BCUT2D eigenvalue weighted by Gasteiger charge is -2.32. The maximum Gasteiger partial charge on any atom is 0.223 e. The first-order chi connectivity index (χ1) is 10.1. The highest BCUT2D eigenvalue weighted by Crippen LogP contribution is 2.25. The number of rotatable bonds is 6. The van der Waals surface area contributed by atoms with E-state index in [-0.39, 0.29) is 24.0 Å². The molecule has 0 bridgehead atoms. The summed E-state index contributed by atoms with van der Waals surface area (Å²) in [5.74, 6) is 0.702. The third kappa shape index (κ3) is 4.28. The summed E-state index contributed by atoms with van der Waals surface area (Å²) < 4.78 is 10.5. The van der Waals surface area contributed by atoms with Gasteiger partial charge in [-0.2, -0.15) is 0 Å². The predicted molar refractivity (Wildman–Crippen MR) is 78.5 cm³/mol. The molecule has 0 aromatic carbocycles. The van der Waals surface area contributed by atoms with Gasteiger partial charge in [0.2, 0.25) is 5.91 Å². The van der Waals surface area contributed by atoms with Crippen molar-refractivity contribution in [2.75, 3.05) is 7.11 Å². The SMILES string of the molecule is CCCc1cc(CNC(=O)[C@H]2CC[C@@H](N)[C@H](OC)C2)on1. The third-order valence-electron chi connectivity index (χ3n) is 4.07. The number of hydrogen-bond acceptors (Lipinski definition) is 5. The minimum absolute atomic E-state index is 0.0315. The van der Waals surface area contributed by atoms with E-state index in [2.05, 4.69) is 17.4 Å². The van der Waals surface area contributed by atoms with Crippen LogP contribution in [-0.4, -0.2) is 30.3 Å². The molecule has 0 radical (unpaired) electrons. The minimum atomic E-state index is -0.0345. The average Bonchev–Trinajstić information content (AvgIpc) is 2.93. The minimum Gasteiger partial charge on any atom is -0.380 e. The molecule has 6 nitrogen and oxygen atoms in total. The van der Waals surface area contributed by atoms with Crippen molar-refractivity contribution in [3.05, 3.63) is 17.5 Å². The molecule has 118 valence electrons. The van der Waals surface area contributed by atoms with E-state index in [4.69, 9.17) is 15.0 Å². The summed E-state index contributed by atoms with van der Waals surface area (Å²) >= 11 is 0. The molecule has 1 heterocycles. The van der Waals surface area contributed by atoms with Crippen LogP contribution in [0.3, 0.4) is 0 Å². The molecule has 0 aliphatic heterocycles. The Morgan fingerprint density at radius 2 is 2.38 bits per heavy atom. The van der Waals surface area contributed by atoms with Crippen molar-refractivity contribution in [1.29, 1.82) is 0 Å². The van der Waals surface area contributed by atoms with Crippen molar-refractivity contribution in [1.82, 2.24) is 10.5 Å². The zero-order valence-corrected chi connectivity index (χ0v) is 12.8. The standard InChI is InChI=1S/C15H25N3O3/c1-3-4-11-8-12(21-18-11)9-17-15(19)10-5-6-13(16)14(7-10)20-2/h8,10,13-14H,3-7,9,16H2,1-2H3,(H,17,19)/t10-,13+,14+/m0/s1. The van der Waals surface area contributed by atoms with Crippen molar-refractivity contribution < 1.29 is 14.1 Å². The van der Waals surface area contributed by atoms with Crippen LogP contribution >= 0.6 is 0 Å². The number of ether oxygens (including phenoxy) is 1. The predicted octanol–water partition coefficient (Wildman–Crippen LogP) is 1.39. The number of methoxy groups -OCH3 is 1. The van der Waals surface area contributed by atoms with Gasteiger partial charge in [-0.05, 0) is 25.7 Å². The molecular weight excluding hydrogens is 270 g/mol. The molecule has 0 unspecified atom stereocenters. The molecule has 0 saturated heterocycles. The average molecular weight is 295 g/mol. The Balaban J connectivity index is 1.81. The normalized spacial score (nSPS) is 25.8. The Kier molecular flexibility index (Phi) is 5.76. The fourth-order valence-electron chi connectivity index (χ4n) is 2.79. The number of amides is 1. The van der Waals surface area contributed by atoms with Crippen LogP contribution in [0.25, 0.3) is 0 Å². The Labute approximate surface area is 125 Å². The largest absolute Gasteiger partial charge is 0.380 e. The van der Waals surface area contributed by atoms with Crippen molar-refractivity contribution in [3.8, 4) is 0 Å². The van der Waals surface area contributed by atoms with Gasteiger partial charge in [0.15, 0.2) is 5.76 Å². The summed E-state index contributed by atoms with van der Waals surface area (Å²) in [6.07, 6.45) is 4.20. The first-order valence-electron chi connectivity index (χ1n) is 7.64. The van der Waals surface area contributed by atoms with E-state index in [1.807, 2.05) is 6.07 Å². The van der Waals surface area contributed by atoms with E-state index in [9.17, 15) is 4.79 Å². The number of aryl methyl sites for hydroxylation is 1. The number of hydrogen-bond donors (Lipinski definition) is 2. The molecule has 0 spiro atoms. The maximum absolute atomic E-state index is 12.2. The van der Waals surface area contributed by atoms with Gasteiger partial charge in [-0.1, -0.05) is 18.5 Å². The maximum atomic E-state index is 12.2. The molecule has 1 aromatic rings. The van der Waals surface area contributed by atoms with E-state index < -0.39 is 0 Å². The number of carbonyl (C=O) groups is 1. The first-order valence-corrected chi connectivity index (χ1v) is 7.64. The zero-order chi connectivity index (χ0) is 15.2. The smallest absolute Gasteiger partial charge is 0.223 e. The zero-order valence-electron chi connectivity index (χ0n) is 12.8. The lowest BCUT2D eigenvalue weighted by molar-refractivity contribution is -0.128. The van der Waals surface area contributed by atoms with E-state index in [0.717, 1.165) is 31.4 Å². The Morgan fingerprint density at radius 3 is 3.10 bits per heavy atom. The van der Waals surface area contributed by atoms with Gasteiger partial charge in [0, 0.05) is 25.1 Å². The summed E-state index contributed by atoms with van der Waals surface area (Å²) in [5.41, 5.74) is 6.90.